The third-order valence-electron chi connectivity index (χ3n) is 3.07. The van der Waals surface area contributed by atoms with Crippen LogP contribution >= 0.6 is 0 Å². The van der Waals surface area contributed by atoms with E-state index in [1.54, 1.807) is 0 Å². The van der Waals surface area contributed by atoms with Crippen LogP contribution in [0.1, 0.15) is 32.6 Å². The quantitative estimate of drug-likeness (QED) is 0.694. The fraction of sp³-hybridized carbons (Fsp3) is 0.909. The van der Waals surface area contributed by atoms with Gasteiger partial charge in [-0.3, -0.25) is 4.79 Å². The first-order valence-electron chi connectivity index (χ1n) is 6.07. The second-order valence-corrected chi connectivity index (χ2v) is 6.48. The molecule has 0 spiro atoms. The van der Waals surface area contributed by atoms with Crippen LogP contribution in [-0.4, -0.2) is 44.6 Å². The van der Waals surface area contributed by atoms with E-state index >= 15 is 0 Å². The Kier molecular flexibility index (Phi) is 5.39. The molecule has 1 aliphatic rings. The molecule has 0 aromatic heterocycles. The van der Waals surface area contributed by atoms with Gasteiger partial charge in [0.25, 0.3) is 0 Å². The second kappa shape index (κ2) is 6.35. The Morgan fingerprint density at radius 3 is 2.76 bits per heavy atom. The Morgan fingerprint density at radius 1 is 1.47 bits per heavy atom. The van der Waals surface area contributed by atoms with Crippen molar-refractivity contribution >= 4 is 16.0 Å². The summed E-state index contributed by atoms with van der Waals surface area (Å²) in [5, 5.41) is 0. The van der Waals surface area contributed by atoms with Crippen LogP contribution in [0.4, 0.5) is 0 Å². The highest BCUT2D eigenvalue weighted by Crippen LogP contribution is 2.20. The van der Waals surface area contributed by atoms with E-state index in [9.17, 15) is 13.2 Å². The van der Waals surface area contributed by atoms with Gasteiger partial charge in [-0.25, -0.2) is 12.7 Å². The number of rotatable bonds is 5. The number of unbranched alkanes of at least 4 members (excludes halogenated alkanes) is 1. The van der Waals surface area contributed by atoms with Gasteiger partial charge in [0, 0.05) is 13.1 Å². The molecule has 0 aliphatic carbocycles. The van der Waals surface area contributed by atoms with E-state index in [1.807, 2.05) is 6.92 Å². The average Bonchev–Trinajstić information content (AvgIpc) is 2.35. The second-order valence-electron chi connectivity index (χ2n) is 4.39. The molecule has 1 atom stereocenters. The summed E-state index contributed by atoms with van der Waals surface area (Å²) in [4.78, 5) is 11.4. The van der Waals surface area contributed by atoms with Crippen LogP contribution in [0.3, 0.4) is 0 Å². The van der Waals surface area contributed by atoms with Crippen LogP contribution in [0, 0.1) is 5.92 Å². The summed E-state index contributed by atoms with van der Waals surface area (Å²) in [6.45, 7) is 2.77. The van der Waals surface area contributed by atoms with Gasteiger partial charge in [-0.2, -0.15) is 0 Å². The van der Waals surface area contributed by atoms with Gasteiger partial charge in [-0.1, -0.05) is 13.3 Å². The number of carbonyl (C=O) groups is 1. The molecule has 1 aliphatic heterocycles. The van der Waals surface area contributed by atoms with Crippen molar-refractivity contribution in [2.75, 3.05) is 26.0 Å². The zero-order valence-electron chi connectivity index (χ0n) is 10.5. The largest absolute Gasteiger partial charge is 0.469 e. The molecule has 100 valence electrons. The summed E-state index contributed by atoms with van der Waals surface area (Å²) in [6.07, 6.45) is 2.97. The Balaban J connectivity index is 2.63. The molecular weight excluding hydrogens is 242 g/mol. The number of nitrogens with zero attached hydrogens (tertiary/aromatic N) is 1. The summed E-state index contributed by atoms with van der Waals surface area (Å²) in [5.41, 5.74) is 0. The number of carbonyl (C=O) groups excluding carboxylic acids is 1. The third-order valence-corrected chi connectivity index (χ3v) is 4.99. The standard InChI is InChI=1S/C11H21NO4S/c1-3-4-8-17(14,15)12-7-5-6-10(9-12)11(13)16-2/h10H,3-9H2,1-2H3/t10-/m0/s1. The molecule has 5 nitrogen and oxygen atoms in total. The van der Waals surface area contributed by atoms with Crippen LogP contribution in [0.25, 0.3) is 0 Å². The topological polar surface area (TPSA) is 63.7 Å². The van der Waals surface area contributed by atoms with Crippen molar-refractivity contribution in [3.05, 3.63) is 0 Å². The van der Waals surface area contributed by atoms with E-state index in [0.717, 1.165) is 12.8 Å². The van der Waals surface area contributed by atoms with E-state index in [1.165, 1.54) is 11.4 Å². The number of hydrogen-bond donors (Lipinski definition) is 0. The minimum absolute atomic E-state index is 0.178. The normalized spacial score (nSPS) is 22.4. The van der Waals surface area contributed by atoms with Crippen molar-refractivity contribution in [3.63, 3.8) is 0 Å². The van der Waals surface area contributed by atoms with Gasteiger partial charge in [0.1, 0.15) is 0 Å². The Morgan fingerprint density at radius 2 is 2.18 bits per heavy atom. The highest BCUT2D eigenvalue weighted by molar-refractivity contribution is 7.89. The third kappa shape index (κ3) is 3.96. The minimum Gasteiger partial charge on any atom is -0.469 e. The lowest BCUT2D eigenvalue weighted by molar-refractivity contribution is -0.146. The van der Waals surface area contributed by atoms with Crippen molar-refractivity contribution < 1.29 is 17.9 Å². The van der Waals surface area contributed by atoms with Crippen LogP contribution in [0.2, 0.25) is 0 Å². The van der Waals surface area contributed by atoms with Gasteiger partial charge in [0.2, 0.25) is 10.0 Å². The van der Waals surface area contributed by atoms with Crippen LogP contribution in [-0.2, 0) is 19.6 Å². The predicted octanol–water partition coefficient (Wildman–Crippen LogP) is 1.00. The molecule has 0 aromatic rings. The van der Waals surface area contributed by atoms with Gasteiger partial charge in [-0.15, -0.1) is 0 Å². The molecule has 0 saturated carbocycles. The maximum absolute atomic E-state index is 12.0. The average molecular weight is 263 g/mol. The molecule has 6 heteroatoms. The van der Waals surface area contributed by atoms with Gasteiger partial charge in [0.05, 0.1) is 18.8 Å². The number of esters is 1. The summed E-state index contributed by atoms with van der Waals surface area (Å²) < 4.78 is 30.1. The number of piperidine rings is 1. The molecular formula is C11H21NO4S. The lowest BCUT2D eigenvalue weighted by Gasteiger charge is -2.30. The molecule has 0 aromatic carbocycles. The maximum Gasteiger partial charge on any atom is 0.309 e. The fourth-order valence-electron chi connectivity index (χ4n) is 2.01. The van der Waals surface area contributed by atoms with Gasteiger partial charge >= 0.3 is 5.97 Å². The number of sulfonamides is 1. The number of ether oxygens (including phenoxy) is 1. The molecule has 0 N–H and O–H groups in total. The predicted molar refractivity (Wildman–Crippen MR) is 65.0 cm³/mol. The summed E-state index contributed by atoms with van der Waals surface area (Å²) in [5.74, 6) is -0.428. The van der Waals surface area contributed by atoms with E-state index in [0.29, 0.717) is 19.4 Å². The summed E-state index contributed by atoms with van der Waals surface area (Å²) in [6, 6.07) is 0. The first-order valence-corrected chi connectivity index (χ1v) is 7.67. The molecule has 1 rings (SSSR count). The van der Waals surface area contributed by atoms with Crippen molar-refractivity contribution in [1.29, 1.82) is 0 Å². The van der Waals surface area contributed by atoms with Gasteiger partial charge in [0.15, 0.2) is 0 Å². The fourth-order valence-corrected chi connectivity index (χ4v) is 3.74. The SMILES string of the molecule is CCCCS(=O)(=O)N1CCC[C@H](C(=O)OC)C1. The van der Waals surface area contributed by atoms with E-state index in [-0.39, 0.29) is 24.2 Å². The number of hydrogen-bond acceptors (Lipinski definition) is 4. The minimum atomic E-state index is -3.19. The lowest BCUT2D eigenvalue weighted by Crippen LogP contribution is -2.43. The monoisotopic (exact) mass is 263 g/mol. The smallest absolute Gasteiger partial charge is 0.309 e. The van der Waals surface area contributed by atoms with Crippen molar-refractivity contribution in [3.8, 4) is 0 Å². The zero-order valence-corrected chi connectivity index (χ0v) is 11.3. The van der Waals surface area contributed by atoms with Crippen molar-refractivity contribution in [2.24, 2.45) is 5.92 Å². The van der Waals surface area contributed by atoms with Crippen LogP contribution in [0.15, 0.2) is 0 Å². The first kappa shape index (κ1) is 14.4. The molecule has 1 fully saturated rings. The molecule has 1 saturated heterocycles. The van der Waals surface area contributed by atoms with Crippen molar-refractivity contribution in [1.82, 2.24) is 4.31 Å². The molecule has 0 amide bonds. The highest BCUT2D eigenvalue weighted by atomic mass is 32.2. The number of methoxy groups -OCH3 is 1. The lowest BCUT2D eigenvalue weighted by atomic mass is 10.0. The summed E-state index contributed by atoms with van der Waals surface area (Å²) >= 11 is 0. The van der Waals surface area contributed by atoms with E-state index in [4.69, 9.17) is 0 Å². The highest BCUT2D eigenvalue weighted by Gasteiger charge is 2.32. The van der Waals surface area contributed by atoms with Crippen LogP contribution < -0.4 is 0 Å². The molecule has 0 bridgehead atoms. The maximum atomic E-state index is 12.0. The van der Waals surface area contributed by atoms with E-state index < -0.39 is 10.0 Å². The molecule has 17 heavy (non-hydrogen) atoms. The molecule has 0 unspecified atom stereocenters. The zero-order chi connectivity index (χ0) is 12.9. The Bertz CT molecular complexity index is 352. The van der Waals surface area contributed by atoms with Crippen LogP contribution in [0.5, 0.6) is 0 Å². The summed E-state index contributed by atoms with van der Waals surface area (Å²) in [7, 11) is -1.85. The van der Waals surface area contributed by atoms with Crippen molar-refractivity contribution in [2.45, 2.75) is 32.6 Å². The van der Waals surface area contributed by atoms with Gasteiger partial charge in [-0.05, 0) is 19.3 Å². The first-order chi connectivity index (χ1) is 8.01. The van der Waals surface area contributed by atoms with Gasteiger partial charge < -0.3 is 4.74 Å². The molecule has 1 heterocycles. The van der Waals surface area contributed by atoms with E-state index in [2.05, 4.69) is 4.74 Å². The molecule has 0 radical (unpaired) electrons. The Labute approximate surface area is 103 Å². The Hall–Kier alpha value is -0.620.